The topological polar surface area (TPSA) is 106 Å². The fourth-order valence-corrected chi connectivity index (χ4v) is 2.57. The van der Waals surface area contributed by atoms with Crippen LogP contribution in [0.1, 0.15) is 12.6 Å². The first-order valence-electron chi connectivity index (χ1n) is 8.75. The Morgan fingerprint density at radius 1 is 1.22 bits per heavy atom. The van der Waals surface area contributed by atoms with E-state index in [2.05, 4.69) is 20.6 Å². The standard InChI is InChI=1S/C18H26N4O4S/c1-3-19-18(20-9-10-25-11-12-27(2,23)24)21-13-16-14-26-17(22-16)15-7-5-4-6-8-15/h4-8,14H,3,9-13H2,1-2H3,(H2,19,20,21). The van der Waals surface area contributed by atoms with Crippen molar-refractivity contribution in [3.63, 3.8) is 0 Å². The van der Waals surface area contributed by atoms with Gasteiger partial charge in [-0.1, -0.05) is 18.2 Å². The minimum atomic E-state index is -2.99. The summed E-state index contributed by atoms with van der Waals surface area (Å²) in [5.74, 6) is 1.23. The molecule has 148 valence electrons. The van der Waals surface area contributed by atoms with Crippen molar-refractivity contribution in [2.45, 2.75) is 13.5 Å². The molecule has 0 spiro atoms. The molecular weight excluding hydrogens is 368 g/mol. The van der Waals surface area contributed by atoms with Crippen LogP contribution in [0.5, 0.6) is 0 Å². The van der Waals surface area contributed by atoms with Gasteiger partial charge in [-0.05, 0) is 19.1 Å². The number of ether oxygens (including phenoxy) is 1. The molecule has 0 aliphatic rings. The minimum absolute atomic E-state index is 0.0249. The van der Waals surface area contributed by atoms with E-state index in [0.717, 1.165) is 17.8 Å². The number of hydrogen-bond acceptors (Lipinski definition) is 6. The van der Waals surface area contributed by atoms with E-state index in [1.165, 1.54) is 6.26 Å². The quantitative estimate of drug-likeness (QED) is 0.357. The second kappa shape index (κ2) is 10.7. The number of nitrogens with one attached hydrogen (secondary N) is 2. The molecule has 0 fully saturated rings. The molecule has 0 aliphatic carbocycles. The Morgan fingerprint density at radius 3 is 2.70 bits per heavy atom. The SMILES string of the molecule is CCNC(=NCc1coc(-c2ccccc2)n1)NCCOCCS(C)(=O)=O. The van der Waals surface area contributed by atoms with Crippen LogP contribution in [-0.4, -0.2) is 57.7 Å². The van der Waals surface area contributed by atoms with E-state index in [4.69, 9.17) is 9.15 Å². The molecular formula is C18H26N4O4S. The van der Waals surface area contributed by atoms with Crippen LogP contribution < -0.4 is 10.6 Å². The summed E-state index contributed by atoms with van der Waals surface area (Å²) in [6, 6.07) is 9.69. The van der Waals surface area contributed by atoms with Crippen molar-refractivity contribution in [2.75, 3.05) is 38.3 Å². The molecule has 0 saturated heterocycles. The van der Waals surface area contributed by atoms with Crippen LogP contribution >= 0.6 is 0 Å². The summed E-state index contributed by atoms with van der Waals surface area (Å²) in [5, 5.41) is 6.27. The first-order chi connectivity index (χ1) is 13.0. The van der Waals surface area contributed by atoms with Gasteiger partial charge in [0.25, 0.3) is 0 Å². The molecule has 9 heteroatoms. The molecule has 0 aliphatic heterocycles. The highest BCUT2D eigenvalue weighted by atomic mass is 32.2. The lowest BCUT2D eigenvalue weighted by Crippen LogP contribution is -2.39. The van der Waals surface area contributed by atoms with Crippen LogP contribution in [0.3, 0.4) is 0 Å². The molecule has 0 unspecified atom stereocenters. The molecule has 1 aromatic heterocycles. The molecule has 2 aromatic rings. The Kier molecular flexibility index (Phi) is 8.28. The van der Waals surface area contributed by atoms with Gasteiger partial charge < -0.3 is 19.8 Å². The number of nitrogens with zero attached hydrogens (tertiary/aromatic N) is 2. The van der Waals surface area contributed by atoms with Crippen molar-refractivity contribution in [3.05, 3.63) is 42.3 Å². The van der Waals surface area contributed by atoms with Gasteiger partial charge in [0.1, 0.15) is 21.8 Å². The molecule has 2 rings (SSSR count). The van der Waals surface area contributed by atoms with Crippen molar-refractivity contribution in [1.82, 2.24) is 15.6 Å². The second-order valence-electron chi connectivity index (χ2n) is 5.87. The predicted molar refractivity (Wildman–Crippen MR) is 105 cm³/mol. The Morgan fingerprint density at radius 2 is 2.00 bits per heavy atom. The van der Waals surface area contributed by atoms with E-state index in [1.54, 1.807) is 6.26 Å². The molecule has 2 N–H and O–H groups in total. The number of rotatable bonds is 10. The molecule has 0 amide bonds. The molecule has 8 nitrogen and oxygen atoms in total. The van der Waals surface area contributed by atoms with Crippen molar-refractivity contribution in [1.29, 1.82) is 0 Å². The number of aliphatic imine (C=N–C) groups is 1. The van der Waals surface area contributed by atoms with Crippen molar-refractivity contribution in [3.8, 4) is 11.5 Å². The van der Waals surface area contributed by atoms with E-state index in [1.807, 2.05) is 37.3 Å². The Labute approximate surface area is 160 Å². The van der Waals surface area contributed by atoms with Gasteiger partial charge in [0.2, 0.25) is 5.89 Å². The molecule has 1 heterocycles. The Balaban J connectivity index is 1.80. The summed E-state index contributed by atoms with van der Waals surface area (Å²) in [7, 11) is -2.99. The highest BCUT2D eigenvalue weighted by Crippen LogP contribution is 2.18. The monoisotopic (exact) mass is 394 g/mol. The summed E-state index contributed by atoms with van der Waals surface area (Å²) < 4.78 is 32.9. The zero-order chi connectivity index (χ0) is 19.5. The number of oxazole rings is 1. The highest BCUT2D eigenvalue weighted by molar-refractivity contribution is 7.90. The number of sulfone groups is 1. The fourth-order valence-electron chi connectivity index (χ4n) is 2.15. The van der Waals surface area contributed by atoms with Crippen molar-refractivity contribution >= 4 is 15.8 Å². The number of benzene rings is 1. The largest absolute Gasteiger partial charge is 0.444 e. The summed E-state index contributed by atoms with van der Waals surface area (Å²) >= 11 is 0. The summed E-state index contributed by atoms with van der Waals surface area (Å²) in [4.78, 5) is 8.91. The fraction of sp³-hybridized carbons (Fsp3) is 0.444. The van der Waals surface area contributed by atoms with Gasteiger partial charge in [0, 0.05) is 24.9 Å². The van der Waals surface area contributed by atoms with Gasteiger partial charge in [-0.2, -0.15) is 0 Å². The molecule has 0 bridgehead atoms. The second-order valence-corrected chi connectivity index (χ2v) is 8.13. The normalized spacial score (nSPS) is 12.1. The number of hydrogen-bond donors (Lipinski definition) is 2. The van der Waals surface area contributed by atoms with Crippen LogP contribution in [0, 0.1) is 0 Å². The Bertz CT molecular complexity index is 819. The maximum Gasteiger partial charge on any atom is 0.226 e. The molecule has 0 saturated carbocycles. The summed E-state index contributed by atoms with van der Waals surface area (Å²) in [6.45, 7) is 4.17. The van der Waals surface area contributed by atoms with Gasteiger partial charge in [-0.3, -0.25) is 0 Å². The van der Waals surface area contributed by atoms with Crippen LogP contribution in [0.4, 0.5) is 0 Å². The first kappa shape index (κ1) is 20.9. The number of guanidine groups is 1. The van der Waals surface area contributed by atoms with Gasteiger partial charge in [-0.15, -0.1) is 0 Å². The lowest BCUT2D eigenvalue weighted by molar-refractivity contribution is 0.154. The van der Waals surface area contributed by atoms with E-state index in [9.17, 15) is 8.42 Å². The van der Waals surface area contributed by atoms with E-state index >= 15 is 0 Å². The van der Waals surface area contributed by atoms with Crippen LogP contribution in [0.15, 0.2) is 46.0 Å². The van der Waals surface area contributed by atoms with Gasteiger partial charge >= 0.3 is 0 Å². The number of aromatic nitrogens is 1. The van der Waals surface area contributed by atoms with Crippen LogP contribution in [-0.2, 0) is 21.1 Å². The predicted octanol–water partition coefficient (Wildman–Crippen LogP) is 1.46. The minimum Gasteiger partial charge on any atom is -0.444 e. The highest BCUT2D eigenvalue weighted by Gasteiger charge is 2.06. The lowest BCUT2D eigenvalue weighted by Gasteiger charge is -2.11. The first-order valence-corrected chi connectivity index (χ1v) is 10.8. The third-order valence-electron chi connectivity index (χ3n) is 3.45. The zero-order valence-corrected chi connectivity index (χ0v) is 16.5. The smallest absolute Gasteiger partial charge is 0.226 e. The summed E-state index contributed by atoms with van der Waals surface area (Å²) in [5.41, 5.74) is 1.65. The summed E-state index contributed by atoms with van der Waals surface area (Å²) in [6.07, 6.45) is 2.79. The third kappa shape index (κ3) is 8.23. The lowest BCUT2D eigenvalue weighted by atomic mass is 10.2. The molecule has 27 heavy (non-hydrogen) atoms. The van der Waals surface area contributed by atoms with Gasteiger partial charge in [-0.25, -0.2) is 18.4 Å². The molecule has 0 atom stereocenters. The van der Waals surface area contributed by atoms with Crippen molar-refractivity contribution in [2.24, 2.45) is 4.99 Å². The third-order valence-corrected chi connectivity index (χ3v) is 4.36. The average molecular weight is 394 g/mol. The Hall–Kier alpha value is -2.39. The van der Waals surface area contributed by atoms with Gasteiger partial charge in [0.15, 0.2) is 5.96 Å². The van der Waals surface area contributed by atoms with Gasteiger partial charge in [0.05, 0.1) is 25.5 Å². The van der Waals surface area contributed by atoms with Crippen LogP contribution in [0.2, 0.25) is 0 Å². The van der Waals surface area contributed by atoms with E-state index in [0.29, 0.717) is 31.5 Å². The zero-order valence-electron chi connectivity index (χ0n) is 15.6. The maximum atomic E-state index is 11.0. The van der Waals surface area contributed by atoms with Crippen LogP contribution in [0.25, 0.3) is 11.5 Å². The van der Waals surface area contributed by atoms with Crippen molar-refractivity contribution < 1.29 is 17.6 Å². The van der Waals surface area contributed by atoms with E-state index in [-0.39, 0.29) is 12.4 Å². The molecule has 1 aromatic carbocycles. The van der Waals surface area contributed by atoms with E-state index < -0.39 is 9.84 Å². The molecule has 0 radical (unpaired) electrons. The maximum absolute atomic E-state index is 11.0. The average Bonchev–Trinajstić information content (AvgIpc) is 3.11.